The highest BCUT2D eigenvalue weighted by atomic mass is 35.5. The molecule has 0 radical (unpaired) electrons. The largest absolute Gasteiger partial charge is 0.431 e. The summed E-state index contributed by atoms with van der Waals surface area (Å²) in [5.41, 5.74) is 1.70. The molecule has 20 heavy (non-hydrogen) atoms. The Labute approximate surface area is 123 Å². The van der Waals surface area contributed by atoms with E-state index in [0.717, 1.165) is 0 Å². The number of hydrogen-bond donors (Lipinski definition) is 0. The molecule has 0 fully saturated rings. The molecule has 2 aromatic rings. The van der Waals surface area contributed by atoms with Crippen molar-refractivity contribution >= 4 is 17.6 Å². The van der Waals surface area contributed by atoms with Crippen molar-refractivity contribution in [3.05, 3.63) is 83.9 Å². The summed E-state index contributed by atoms with van der Waals surface area (Å²) >= 11 is 6.64. The summed E-state index contributed by atoms with van der Waals surface area (Å²) in [5, 5.41) is -1.35. The first-order valence-corrected chi connectivity index (χ1v) is 6.60. The summed E-state index contributed by atoms with van der Waals surface area (Å²) in [6.45, 7) is 5.19. The maximum Gasteiger partial charge on any atom is 0.335 e. The van der Waals surface area contributed by atoms with Crippen LogP contribution >= 0.6 is 11.6 Å². The van der Waals surface area contributed by atoms with Gasteiger partial charge in [-0.2, -0.15) is 0 Å². The van der Waals surface area contributed by atoms with Crippen molar-refractivity contribution < 1.29 is 9.53 Å². The molecule has 0 saturated carbocycles. The molecule has 2 nitrogen and oxygen atoms in total. The lowest BCUT2D eigenvalue weighted by atomic mass is 10.0. The van der Waals surface area contributed by atoms with E-state index < -0.39 is 11.0 Å². The Kier molecular flexibility index (Phi) is 4.26. The molecular weight excluding hydrogens is 272 g/mol. The van der Waals surface area contributed by atoms with Crippen LogP contribution in [0.5, 0.6) is 0 Å². The number of rotatable bonds is 4. The number of alkyl halides is 1. The number of ether oxygens (including phenoxy) is 1. The van der Waals surface area contributed by atoms with Gasteiger partial charge in [0.15, 0.2) is 0 Å². The summed E-state index contributed by atoms with van der Waals surface area (Å²) in [4.78, 5) is 11.9. The number of halogens is 1. The van der Waals surface area contributed by atoms with E-state index in [9.17, 15) is 4.79 Å². The molecule has 2 aromatic carbocycles. The van der Waals surface area contributed by atoms with Crippen LogP contribution in [0, 0.1) is 0 Å². The third kappa shape index (κ3) is 2.91. The minimum Gasteiger partial charge on any atom is -0.431 e. The van der Waals surface area contributed by atoms with Gasteiger partial charge in [0.1, 0.15) is 0 Å². The highest BCUT2D eigenvalue weighted by Crippen LogP contribution is 2.38. The Bertz CT molecular complexity index is 566. The van der Waals surface area contributed by atoms with E-state index in [1.807, 2.05) is 60.7 Å². The van der Waals surface area contributed by atoms with Gasteiger partial charge in [-0.1, -0.05) is 78.8 Å². The van der Waals surface area contributed by atoms with E-state index >= 15 is 0 Å². The third-order valence-electron chi connectivity index (χ3n) is 2.87. The molecule has 0 amide bonds. The first kappa shape index (κ1) is 14.4. The van der Waals surface area contributed by atoms with Crippen LogP contribution in [0.2, 0.25) is 0 Å². The summed E-state index contributed by atoms with van der Waals surface area (Å²) in [6.07, 6.45) is 0. The van der Waals surface area contributed by atoms with Gasteiger partial charge >= 0.3 is 5.97 Å². The van der Waals surface area contributed by atoms with Crippen molar-refractivity contribution in [3.8, 4) is 0 Å². The lowest BCUT2D eigenvalue weighted by molar-refractivity contribution is -0.145. The van der Waals surface area contributed by atoms with Crippen LogP contribution in [0.25, 0.3) is 0 Å². The van der Waals surface area contributed by atoms with Crippen molar-refractivity contribution in [3.63, 3.8) is 0 Å². The van der Waals surface area contributed by atoms with E-state index in [-0.39, 0.29) is 0 Å². The molecule has 3 heteroatoms. The molecule has 0 unspecified atom stereocenters. The fraction of sp³-hybridized carbons (Fsp3) is 0.118. The second-order valence-corrected chi connectivity index (χ2v) is 5.03. The SMILES string of the molecule is C=C(C)C(=O)OC(Cl)(c1ccccc1)c1ccccc1. The Morgan fingerprint density at radius 2 is 1.40 bits per heavy atom. The summed E-state index contributed by atoms with van der Waals surface area (Å²) in [7, 11) is 0. The Balaban J connectivity index is 2.49. The molecule has 0 bridgehead atoms. The predicted molar refractivity (Wildman–Crippen MR) is 80.4 cm³/mol. The van der Waals surface area contributed by atoms with Gasteiger partial charge in [-0.25, -0.2) is 4.79 Å². The van der Waals surface area contributed by atoms with Crippen LogP contribution < -0.4 is 0 Å². The lowest BCUT2D eigenvalue weighted by Gasteiger charge is -2.28. The van der Waals surface area contributed by atoms with E-state index in [2.05, 4.69) is 6.58 Å². The van der Waals surface area contributed by atoms with Gasteiger partial charge in [0.25, 0.3) is 0 Å². The van der Waals surface area contributed by atoms with E-state index in [1.165, 1.54) is 0 Å². The first-order chi connectivity index (χ1) is 9.54. The second kappa shape index (κ2) is 5.93. The molecule has 0 aromatic heterocycles. The Morgan fingerprint density at radius 1 is 1.00 bits per heavy atom. The fourth-order valence-corrected chi connectivity index (χ4v) is 2.13. The maximum absolute atomic E-state index is 11.9. The molecule has 0 heterocycles. The fourth-order valence-electron chi connectivity index (χ4n) is 1.80. The second-order valence-electron chi connectivity index (χ2n) is 4.50. The Hall–Kier alpha value is -2.06. The number of carbonyl (C=O) groups is 1. The monoisotopic (exact) mass is 286 g/mol. The van der Waals surface area contributed by atoms with Crippen molar-refractivity contribution in [2.24, 2.45) is 0 Å². The minimum atomic E-state index is -1.35. The number of hydrogen-bond acceptors (Lipinski definition) is 2. The molecule has 102 valence electrons. The van der Waals surface area contributed by atoms with Gasteiger partial charge in [0, 0.05) is 16.7 Å². The molecule has 0 aliphatic heterocycles. The molecule has 0 spiro atoms. The van der Waals surface area contributed by atoms with Gasteiger partial charge in [-0.15, -0.1) is 0 Å². The average Bonchev–Trinajstić information content (AvgIpc) is 2.48. The molecule has 0 atom stereocenters. The van der Waals surface area contributed by atoms with E-state index in [4.69, 9.17) is 16.3 Å². The normalized spacial score (nSPS) is 10.9. The number of carbonyl (C=O) groups excluding carboxylic acids is 1. The zero-order valence-electron chi connectivity index (χ0n) is 11.2. The summed E-state index contributed by atoms with van der Waals surface area (Å²) < 4.78 is 5.50. The maximum atomic E-state index is 11.9. The number of benzene rings is 2. The molecule has 0 N–H and O–H groups in total. The van der Waals surface area contributed by atoms with Crippen LogP contribution in [0.15, 0.2) is 72.8 Å². The highest BCUT2D eigenvalue weighted by Gasteiger charge is 2.36. The van der Waals surface area contributed by atoms with Crippen molar-refractivity contribution in [1.29, 1.82) is 0 Å². The van der Waals surface area contributed by atoms with Crippen LogP contribution in [0.4, 0.5) is 0 Å². The van der Waals surface area contributed by atoms with E-state index in [1.54, 1.807) is 6.92 Å². The van der Waals surface area contributed by atoms with Gasteiger partial charge in [-0.05, 0) is 6.92 Å². The van der Waals surface area contributed by atoms with E-state index in [0.29, 0.717) is 16.7 Å². The molecule has 2 rings (SSSR count). The van der Waals surface area contributed by atoms with Crippen LogP contribution in [0.1, 0.15) is 18.1 Å². The zero-order valence-corrected chi connectivity index (χ0v) is 11.9. The van der Waals surface area contributed by atoms with Gasteiger partial charge in [0.05, 0.1) is 0 Å². The quantitative estimate of drug-likeness (QED) is 0.477. The molecule has 0 aliphatic rings. The lowest BCUT2D eigenvalue weighted by Crippen LogP contribution is -2.28. The predicted octanol–water partition coefficient (Wildman–Crippen LogP) is 4.25. The van der Waals surface area contributed by atoms with Crippen molar-refractivity contribution in [2.45, 2.75) is 12.0 Å². The zero-order chi connectivity index (χ0) is 14.6. The van der Waals surface area contributed by atoms with Gasteiger partial charge in [-0.3, -0.25) is 0 Å². The molecule has 0 saturated heterocycles. The van der Waals surface area contributed by atoms with Crippen molar-refractivity contribution in [2.75, 3.05) is 0 Å². The highest BCUT2D eigenvalue weighted by molar-refractivity contribution is 6.25. The average molecular weight is 287 g/mol. The summed E-state index contributed by atoms with van der Waals surface area (Å²) in [5.74, 6) is -0.521. The third-order valence-corrected chi connectivity index (χ3v) is 3.39. The number of esters is 1. The van der Waals surface area contributed by atoms with Crippen LogP contribution in [-0.4, -0.2) is 5.97 Å². The first-order valence-electron chi connectivity index (χ1n) is 6.23. The topological polar surface area (TPSA) is 26.3 Å². The molecule has 0 aliphatic carbocycles. The summed E-state index contributed by atoms with van der Waals surface area (Å²) in [6, 6.07) is 18.5. The Morgan fingerprint density at radius 3 is 1.75 bits per heavy atom. The van der Waals surface area contributed by atoms with Crippen LogP contribution in [-0.2, 0) is 14.6 Å². The van der Waals surface area contributed by atoms with Gasteiger partial charge in [0.2, 0.25) is 5.06 Å². The molecular formula is C17H15ClO2. The van der Waals surface area contributed by atoms with Gasteiger partial charge < -0.3 is 4.74 Å². The minimum absolute atomic E-state index is 0.307. The van der Waals surface area contributed by atoms with Crippen LogP contribution in [0.3, 0.4) is 0 Å². The smallest absolute Gasteiger partial charge is 0.335 e. The standard InChI is InChI=1S/C17H15ClO2/c1-13(2)16(19)20-17(18,14-9-5-3-6-10-14)15-11-7-4-8-12-15/h3-12H,1H2,2H3. The van der Waals surface area contributed by atoms with Crippen molar-refractivity contribution in [1.82, 2.24) is 0 Å².